The first-order valence-corrected chi connectivity index (χ1v) is 6.47. The number of aromatic nitrogens is 3. The van der Waals surface area contributed by atoms with Gasteiger partial charge in [-0.3, -0.25) is 5.10 Å². The third-order valence-corrected chi connectivity index (χ3v) is 3.30. The molecule has 1 fully saturated rings. The number of nitrogens with one attached hydrogen (secondary N) is 2. The van der Waals surface area contributed by atoms with Crippen molar-refractivity contribution < 1.29 is 17.9 Å². The van der Waals surface area contributed by atoms with Gasteiger partial charge in [0.25, 0.3) is 0 Å². The van der Waals surface area contributed by atoms with Gasteiger partial charge >= 0.3 is 6.18 Å². The summed E-state index contributed by atoms with van der Waals surface area (Å²) in [4.78, 5) is 4.19. The van der Waals surface area contributed by atoms with Crippen molar-refractivity contribution in [3.05, 3.63) is 35.7 Å². The molecule has 2 N–H and O–H groups in total. The number of para-hydroxylation sites is 1. The fourth-order valence-electron chi connectivity index (χ4n) is 2.22. The lowest BCUT2D eigenvalue weighted by Gasteiger charge is -2.12. The van der Waals surface area contributed by atoms with Gasteiger partial charge in [-0.1, -0.05) is 12.1 Å². The number of hydrogen-bond acceptors (Lipinski definition) is 4. The van der Waals surface area contributed by atoms with Gasteiger partial charge in [-0.2, -0.15) is 18.2 Å². The molecular formula is C13H13F3N4O. The summed E-state index contributed by atoms with van der Waals surface area (Å²) >= 11 is 0. The predicted octanol–water partition coefficient (Wildman–Crippen LogP) is 3.07. The van der Waals surface area contributed by atoms with Crippen LogP contribution in [-0.4, -0.2) is 28.4 Å². The quantitative estimate of drug-likeness (QED) is 0.914. The average molecular weight is 298 g/mol. The van der Waals surface area contributed by atoms with Crippen molar-refractivity contribution in [3.63, 3.8) is 0 Å². The molecule has 0 amide bonds. The summed E-state index contributed by atoms with van der Waals surface area (Å²) in [6, 6.07) is 5.22. The van der Waals surface area contributed by atoms with E-state index in [2.05, 4.69) is 20.5 Å². The molecule has 112 valence electrons. The monoisotopic (exact) mass is 298 g/mol. The largest absolute Gasteiger partial charge is 0.418 e. The van der Waals surface area contributed by atoms with Gasteiger partial charge in [-0.25, -0.2) is 0 Å². The number of halogens is 3. The second kappa shape index (κ2) is 5.36. The molecule has 0 saturated carbocycles. The number of ether oxygens (including phenoxy) is 1. The van der Waals surface area contributed by atoms with E-state index in [1.54, 1.807) is 0 Å². The molecule has 5 nitrogen and oxygen atoms in total. The lowest BCUT2D eigenvalue weighted by molar-refractivity contribution is -0.136. The summed E-state index contributed by atoms with van der Waals surface area (Å²) in [7, 11) is 0. The van der Waals surface area contributed by atoms with Crippen molar-refractivity contribution in [2.24, 2.45) is 0 Å². The molecule has 1 saturated heterocycles. The zero-order valence-electron chi connectivity index (χ0n) is 10.9. The fourth-order valence-corrected chi connectivity index (χ4v) is 2.22. The third kappa shape index (κ3) is 2.99. The molecule has 8 heteroatoms. The Kier molecular flexibility index (Phi) is 3.54. The molecule has 1 aliphatic heterocycles. The van der Waals surface area contributed by atoms with Crippen molar-refractivity contribution >= 4 is 11.6 Å². The van der Waals surface area contributed by atoms with E-state index in [0.717, 1.165) is 12.5 Å². The lowest BCUT2D eigenvalue weighted by Crippen LogP contribution is -2.09. The van der Waals surface area contributed by atoms with Crippen molar-refractivity contribution in [3.8, 4) is 0 Å². The Hall–Kier alpha value is -2.09. The SMILES string of the molecule is FC(F)(F)c1ccccc1Nc1n[nH]c(C2CCOC2)n1. The molecule has 1 aliphatic rings. The minimum Gasteiger partial charge on any atom is -0.381 e. The molecular weight excluding hydrogens is 285 g/mol. The van der Waals surface area contributed by atoms with Crippen LogP contribution in [0.1, 0.15) is 23.7 Å². The van der Waals surface area contributed by atoms with E-state index in [0.29, 0.717) is 19.0 Å². The van der Waals surface area contributed by atoms with E-state index < -0.39 is 11.7 Å². The van der Waals surface area contributed by atoms with E-state index in [-0.39, 0.29) is 17.6 Å². The van der Waals surface area contributed by atoms with Crippen LogP contribution in [0, 0.1) is 0 Å². The first kappa shape index (κ1) is 13.9. The number of anilines is 2. The maximum atomic E-state index is 12.9. The van der Waals surface area contributed by atoms with Gasteiger partial charge in [0, 0.05) is 12.5 Å². The second-order valence-electron chi connectivity index (χ2n) is 4.77. The maximum absolute atomic E-state index is 12.9. The van der Waals surface area contributed by atoms with Crippen LogP contribution in [-0.2, 0) is 10.9 Å². The Morgan fingerprint density at radius 3 is 2.81 bits per heavy atom. The fraction of sp³-hybridized carbons (Fsp3) is 0.385. The van der Waals surface area contributed by atoms with Crippen molar-refractivity contribution in [2.45, 2.75) is 18.5 Å². The van der Waals surface area contributed by atoms with Crippen LogP contribution in [0.2, 0.25) is 0 Å². The highest BCUT2D eigenvalue weighted by Crippen LogP contribution is 2.35. The van der Waals surface area contributed by atoms with Crippen LogP contribution in [0.5, 0.6) is 0 Å². The first-order chi connectivity index (χ1) is 10.0. The van der Waals surface area contributed by atoms with Crippen molar-refractivity contribution in [1.29, 1.82) is 0 Å². The lowest BCUT2D eigenvalue weighted by atomic mass is 10.1. The van der Waals surface area contributed by atoms with Crippen LogP contribution in [0.25, 0.3) is 0 Å². The summed E-state index contributed by atoms with van der Waals surface area (Å²) < 4.78 is 43.9. The Balaban J connectivity index is 1.81. The molecule has 1 atom stereocenters. The standard InChI is InChI=1S/C13H13F3N4O/c14-13(15,16)9-3-1-2-4-10(9)17-12-18-11(19-20-12)8-5-6-21-7-8/h1-4,8H,5-7H2,(H2,17,18,19,20). The van der Waals surface area contributed by atoms with Gasteiger partial charge in [0.1, 0.15) is 5.82 Å². The van der Waals surface area contributed by atoms with Crippen LogP contribution < -0.4 is 5.32 Å². The van der Waals surface area contributed by atoms with E-state index in [9.17, 15) is 13.2 Å². The van der Waals surface area contributed by atoms with Crippen LogP contribution in [0.4, 0.5) is 24.8 Å². The number of benzene rings is 1. The molecule has 2 aromatic rings. The van der Waals surface area contributed by atoms with E-state index >= 15 is 0 Å². The minimum atomic E-state index is -4.43. The molecule has 0 radical (unpaired) electrons. The molecule has 1 aromatic carbocycles. The molecule has 0 aliphatic carbocycles. The normalized spacial score (nSPS) is 18.9. The average Bonchev–Trinajstić information content (AvgIpc) is 3.08. The van der Waals surface area contributed by atoms with Crippen LogP contribution in [0.15, 0.2) is 24.3 Å². The molecule has 3 rings (SSSR count). The summed E-state index contributed by atoms with van der Waals surface area (Å²) in [5.74, 6) is 0.860. The topological polar surface area (TPSA) is 62.8 Å². The Morgan fingerprint density at radius 1 is 1.29 bits per heavy atom. The second-order valence-corrected chi connectivity index (χ2v) is 4.77. The minimum absolute atomic E-state index is 0.0711. The Labute approximate surface area is 118 Å². The first-order valence-electron chi connectivity index (χ1n) is 6.47. The van der Waals surface area contributed by atoms with Crippen LogP contribution in [0.3, 0.4) is 0 Å². The number of nitrogens with zero attached hydrogens (tertiary/aromatic N) is 2. The molecule has 21 heavy (non-hydrogen) atoms. The zero-order chi connectivity index (χ0) is 14.9. The number of rotatable bonds is 3. The number of aromatic amines is 1. The van der Waals surface area contributed by atoms with Gasteiger partial charge in [0.05, 0.1) is 17.9 Å². The zero-order valence-corrected chi connectivity index (χ0v) is 10.9. The summed E-state index contributed by atoms with van der Waals surface area (Å²) in [6.07, 6.45) is -3.60. The number of alkyl halides is 3. The van der Waals surface area contributed by atoms with Crippen molar-refractivity contribution in [2.75, 3.05) is 18.5 Å². The summed E-state index contributed by atoms with van der Waals surface area (Å²) in [6.45, 7) is 1.21. The molecule has 2 heterocycles. The highest BCUT2D eigenvalue weighted by Gasteiger charge is 2.33. The Morgan fingerprint density at radius 2 is 2.10 bits per heavy atom. The van der Waals surface area contributed by atoms with E-state index in [4.69, 9.17) is 4.74 Å². The van der Waals surface area contributed by atoms with Gasteiger partial charge in [0.15, 0.2) is 0 Å². The Bertz CT molecular complexity index is 620. The molecule has 1 unspecified atom stereocenters. The third-order valence-electron chi connectivity index (χ3n) is 3.30. The van der Waals surface area contributed by atoms with Crippen molar-refractivity contribution in [1.82, 2.24) is 15.2 Å². The maximum Gasteiger partial charge on any atom is 0.418 e. The van der Waals surface area contributed by atoms with Gasteiger partial charge in [-0.15, -0.1) is 5.10 Å². The summed E-state index contributed by atoms with van der Waals surface area (Å²) in [5, 5.41) is 9.26. The molecule has 1 aromatic heterocycles. The molecule has 0 spiro atoms. The van der Waals surface area contributed by atoms with Crippen LogP contribution >= 0.6 is 0 Å². The van der Waals surface area contributed by atoms with Gasteiger partial charge in [-0.05, 0) is 18.6 Å². The summed E-state index contributed by atoms with van der Waals surface area (Å²) in [5.41, 5.74) is -0.821. The highest BCUT2D eigenvalue weighted by atomic mass is 19.4. The predicted molar refractivity (Wildman–Crippen MR) is 69.3 cm³/mol. The van der Waals surface area contributed by atoms with Gasteiger partial charge in [0.2, 0.25) is 5.95 Å². The molecule has 0 bridgehead atoms. The van der Waals surface area contributed by atoms with Gasteiger partial charge < -0.3 is 10.1 Å². The van der Waals surface area contributed by atoms with E-state index in [1.807, 2.05) is 0 Å². The van der Waals surface area contributed by atoms with E-state index in [1.165, 1.54) is 18.2 Å². The highest BCUT2D eigenvalue weighted by molar-refractivity contribution is 5.59. The smallest absolute Gasteiger partial charge is 0.381 e. The number of hydrogen-bond donors (Lipinski definition) is 2. The number of H-pyrrole nitrogens is 1.